The highest BCUT2D eigenvalue weighted by molar-refractivity contribution is 9.10. The lowest BCUT2D eigenvalue weighted by Crippen LogP contribution is -2.33. The first-order chi connectivity index (χ1) is 10.1. The second kappa shape index (κ2) is 6.32. The van der Waals surface area contributed by atoms with Crippen LogP contribution < -0.4 is 0 Å². The smallest absolute Gasteiger partial charge is 0.313 e. The van der Waals surface area contributed by atoms with Crippen LogP contribution in [0.2, 0.25) is 0 Å². The van der Waals surface area contributed by atoms with Gasteiger partial charge in [0.1, 0.15) is 0 Å². The van der Waals surface area contributed by atoms with Crippen molar-refractivity contribution in [2.45, 2.75) is 25.8 Å². The van der Waals surface area contributed by atoms with Crippen LogP contribution in [0, 0.1) is 5.92 Å². The number of carbonyl (C=O) groups excluding carboxylic acids is 1. The number of ether oxygens (including phenoxy) is 1. The fourth-order valence-corrected chi connectivity index (χ4v) is 3.42. The summed E-state index contributed by atoms with van der Waals surface area (Å²) in [6.07, 6.45) is 4.06. The van der Waals surface area contributed by atoms with E-state index in [9.17, 15) is 4.79 Å². The lowest BCUT2D eigenvalue weighted by Gasteiger charge is -2.33. The fraction of sp³-hybridized carbons (Fsp3) is 0.471. The van der Waals surface area contributed by atoms with Crippen molar-refractivity contribution in [3.8, 4) is 0 Å². The summed E-state index contributed by atoms with van der Waals surface area (Å²) in [6.45, 7) is 4.74. The first-order valence-corrected chi connectivity index (χ1v) is 8.29. The number of hydrogen-bond acceptors (Lipinski definition) is 3. The van der Waals surface area contributed by atoms with Crippen LogP contribution in [0.1, 0.15) is 31.4 Å². The minimum absolute atomic E-state index is 0.0233. The van der Waals surface area contributed by atoms with Gasteiger partial charge in [-0.05, 0) is 37.5 Å². The highest BCUT2D eigenvalue weighted by Gasteiger charge is 2.31. The third-order valence-corrected chi connectivity index (χ3v) is 5.09. The van der Waals surface area contributed by atoms with Crippen LogP contribution in [0.15, 0.2) is 40.4 Å². The van der Waals surface area contributed by atoms with Gasteiger partial charge in [0, 0.05) is 23.6 Å². The molecule has 0 bridgehead atoms. The van der Waals surface area contributed by atoms with Gasteiger partial charge >= 0.3 is 5.97 Å². The van der Waals surface area contributed by atoms with Crippen LogP contribution in [-0.2, 0) is 9.53 Å². The van der Waals surface area contributed by atoms with Crippen LogP contribution in [-0.4, -0.2) is 30.6 Å². The molecule has 0 amide bonds. The Morgan fingerprint density at radius 2 is 2.10 bits per heavy atom. The Bertz CT molecular complexity index is 552. The molecule has 0 spiro atoms. The molecule has 1 saturated heterocycles. The molecule has 0 N–H and O–H groups in total. The molecule has 1 fully saturated rings. The minimum atomic E-state index is -0.0318. The summed E-state index contributed by atoms with van der Waals surface area (Å²) >= 11 is 3.47. The van der Waals surface area contributed by atoms with Crippen molar-refractivity contribution >= 4 is 21.9 Å². The Kier molecular flexibility index (Phi) is 4.45. The maximum atomic E-state index is 11.7. The summed E-state index contributed by atoms with van der Waals surface area (Å²) in [6, 6.07) is 8.91. The van der Waals surface area contributed by atoms with E-state index in [4.69, 9.17) is 4.74 Å². The number of carbonyl (C=O) groups is 1. The third kappa shape index (κ3) is 3.22. The number of cyclic esters (lactones) is 1. The molecule has 0 radical (unpaired) electrons. The van der Waals surface area contributed by atoms with Crippen molar-refractivity contribution in [2.75, 3.05) is 19.7 Å². The van der Waals surface area contributed by atoms with E-state index >= 15 is 0 Å². The number of halogens is 1. The molecule has 1 aromatic carbocycles. The standard InChI is InChI=1S/C17H20BrNO2/c1-12(13-2-4-15(18)5-3-13)19-9-6-14(7-10-19)16-8-11-21-17(16)20/h2-6,12,16H,7-11H2,1H3. The zero-order valence-electron chi connectivity index (χ0n) is 12.2. The first kappa shape index (κ1) is 14.8. The summed E-state index contributed by atoms with van der Waals surface area (Å²) in [4.78, 5) is 14.1. The lowest BCUT2D eigenvalue weighted by atomic mass is 9.91. The molecule has 21 heavy (non-hydrogen) atoms. The lowest BCUT2D eigenvalue weighted by molar-refractivity contribution is -0.140. The highest BCUT2D eigenvalue weighted by Crippen LogP contribution is 2.30. The molecule has 2 unspecified atom stereocenters. The Labute approximate surface area is 134 Å². The van der Waals surface area contributed by atoms with Gasteiger partial charge in [0.2, 0.25) is 0 Å². The van der Waals surface area contributed by atoms with Gasteiger partial charge in [0.25, 0.3) is 0 Å². The Morgan fingerprint density at radius 1 is 1.33 bits per heavy atom. The Hall–Kier alpha value is -1.13. The molecule has 2 atom stereocenters. The molecule has 112 valence electrons. The molecule has 1 aromatic rings. The van der Waals surface area contributed by atoms with Gasteiger partial charge in [-0.3, -0.25) is 9.69 Å². The molecule has 0 aliphatic carbocycles. The van der Waals surface area contributed by atoms with E-state index in [1.165, 1.54) is 11.1 Å². The van der Waals surface area contributed by atoms with Crippen molar-refractivity contribution in [3.63, 3.8) is 0 Å². The van der Waals surface area contributed by atoms with E-state index in [-0.39, 0.29) is 11.9 Å². The highest BCUT2D eigenvalue weighted by atomic mass is 79.9. The van der Waals surface area contributed by atoms with Crippen LogP contribution >= 0.6 is 15.9 Å². The van der Waals surface area contributed by atoms with E-state index in [1.54, 1.807) is 0 Å². The number of benzene rings is 1. The summed E-state index contributed by atoms with van der Waals surface area (Å²) in [7, 11) is 0. The zero-order chi connectivity index (χ0) is 14.8. The second-order valence-corrected chi connectivity index (χ2v) is 6.68. The predicted molar refractivity (Wildman–Crippen MR) is 85.9 cm³/mol. The maximum Gasteiger partial charge on any atom is 0.313 e. The zero-order valence-corrected chi connectivity index (χ0v) is 13.8. The van der Waals surface area contributed by atoms with Gasteiger partial charge in [-0.15, -0.1) is 0 Å². The van der Waals surface area contributed by atoms with Gasteiger partial charge in [-0.2, -0.15) is 0 Å². The summed E-state index contributed by atoms with van der Waals surface area (Å²) in [5, 5.41) is 0. The Morgan fingerprint density at radius 3 is 2.67 bits per heavy atom. The number of nitrogens with zero attached hydrogens (tertiary/aromatic N) is 1. The van der Waals surface area contributed by atoms with Gasteiger partial charge in [-0.25, -0.2) is 0 Å². The van der Waals surface area contributed by atoms with Gasteiger partial charge in [0.15, 0.2) is 0 Å². The Balaban J connectivity index is 1.65. The summed E-state index contributed by atoms with van der Waals surface area (Å²) in [5.74, 6) is -0.00852. The van der Waals surface area contributed by atoms with E-state index in [0.29, 0.717) is 12.6 Å². The van der Waals surface area contributed by atoms with Crippen molar-refractivity contribution in [1.29, 1.82) is 0 Å². The molecule has 4 heteroatoms. The van der Waals surface area contributed by atoms with Crippen molar-refractivity contribution in [2.24, 2.45) is 5.92 Å². The second-order valence-electron chi connectivity index (χ2n) is 5.76. The number of hydrogen-bond donors (Lipinski definition) is 0. The van der Waals surface area contributed by atoms with E-state index < -0.39 is 0 Å². The fourth-order valence-electron chi connectivity index (χ4n) is 3.15. The molecule has 0 saturated carbocycles. The first-order valence-electron chi connectivity index (χ1n) is 7.50. The summed E-state index contributed by atoms with van der Waals surface area (Å²) < 4.78 is 6.19. The molecule has 2 heterocycles. The third-order valence-electron chi connectivity index (χ3n) is 4.56. The monoisotopic (exact) mass is 349 g/mol. The molecule has 2 aliphatic heterocycles. The quantitative estimate of drug-likeness (QED) is 0.615. The molecule has 2 aliphatic rings. The predicted octanol–water partition coefficient (Wildman–Crippen LogP) is 3.71. The normalized spacial score (nSPS) is 24.6. The SMILES string of the molecule is CC(c1ccc(Br)cc1)N1CC=C(C2CCOC2=O)CC1. The molecular formula is C17H20BrNO2. The molecule has 3 rings (SSSR count). The maximum absolute atomic E-state index is 11.7. The van der Waals surface area contributed by atoms with E-state index in [0.717, 1.165) is 30.4 Å². The molecule has 0 aromatic heterocycles. The number of rotatable bonds is 3. The van der Waals surface area contributed by atoms with Gasteiger partial charge in [-0.1, -0.05) is 39.7 Å². The van der Waals surface area contributed by atoms with Crippen molar-refractivity contribution in [1.82, 2.24) is 4.90 Å². The summed E-state index contributed by atoms with van der Waals surface area (Å²) in [5.41, 5.74) is 2.60. The average Bonchev–Trinajstić information content (AvgIpc) is 2.94. The largest absolute Gasteiger partial charge is 0.465 e. The molecule has 3 nitrogen and oxygen atoms in total. The van der Waals surface area contributed by atoms with Crippen molar-refractivity contribution < 1.29 is 9.53 Å². The van der Waals surface area contributed by atoms with Crippen LogP contribution in [0.3, 0.4) is 0 Å². The van der Waals surface area contributed by atoms with Crippen molar-refractivity contribution in [3.05, 3.63) is 46.0 Å². The molecular weight excluding hydrogens is 330 g/mol. The average molecular weight is 350 g/mol. The van der Waals surface area contributed by atoms with Crippen LogP contribution in [0.4, 0.5) is 0 Å². The minimum Gasteiger partial charge on any atom is -0.465 e. The number of esters is 1. The van der Waals surface area contributed by atoms with Gasteiger partial charge in [0.05, 0.1) is 12.5 Å². The van der Waals surface area contributed by atoms with E-state index in [2.05, 4.69) is 58.1 Å². The van der Waals surface area contributed by atoms with Gasteiger partial charge < -0.3 is 4.74 Å². The van der Waals surface area contributed by atoms with Crippen LogP contribution in [0.5, 0.6) is 0 Å². The van der Waals surface area contributed by atoms with Crippen LogP contribution in [0.25, 0.3) is 0 Å². The topological polar surface area (TPSA) is 29.5 Å². The van der Waals surface area contributed by atoms with E-state index in [1.807, 2.05) is 0 Å².